The summed E-state index contributed by atoms with van der Waals surface area (Å²) in [6, 6.07) is 9.52. The number of hydrogen-bond acceptors (Lipinski definition) is 2. The molecule has 0 aliphatic rings. The molecule has 3 nitrogen and oxygen atoms in total. The van der Waals surface area contributed by atoms with Gasteiger partial charge in [-0.2, -0.15) is 0 Å². The second-order valence-electron chi connectivity index (χ2n) is 5.28. The predicted octanol–water partition coefficient (Wildman–Crippen LogP) is 2.84. The minimum atomic E-state index is -0.587. The van der Waals surface area contributed by atoms with E-state index in [1.54, 1.807) is 0 Å². The molecule has 0 bridgehead atoms. The Morgan fingerprint density at radius 3 is 2.40 bits per heavy atom. The van der Waals surface area contributed by atoms with Crippen LogP contribution in [0.2, 0.25) is 0 Å². The monoisotopic (exact) mass is 275 g/mol. The molecule has 110 valence electrons. The quantitative estimate of drug-likeness (QED) is 0.784. The first-order valence-electron chi connectivity index (χ1n) is 7.14. The van der Waals surface area contributed by atoms with Gasteiger partial charge in [0.05, 0.1) is 12.1 Å². The van der Waals surface area contributed by atoms with E-state index in [1.807, 2.05) is 58.0 Å². The fourth-order valence-corrected chi connectivity index (χ4v) is 1.90. The molecule has 0 saturated heterocycles. The maximum Gasteiger partial charge on any atom is 0.247 e. The average molecular weight is 275 g/mol. The highest BCUT2D eigenvalue weighted by Crippen LogP contribution is 2.09. The van der Waals surface area contributed by atoms with Gasteiger partial charge in [-0.1, -0.05) is 42.8 Å². The Morgan fingerprint density at radius 2 is 1.85 bits per heavy atom. The Kier molecular flexibility index (Phi) is 6.46. The molecule has 0 aromatic heterocycles. The molecule has 0 radical (unpaired) electrons. The number of amides is 1. The van der Waals surface area contributed by atoms with Gasteiger partial charge in [0, 0.05) is 12.0 Å². The van der Waals surface area contributed by atoms with Crippen molar-refractivity contribution in [2.45, 2.75) is 52.7 Å². The van der Waals surface area contributed by atoms with E-state index in [4.69, 9.17) is 0 Å². The molecule has 0 aliphatic heterocycles. The first-order valence-corrected chi connectivity index (χ1v) is 7.14. The van der Waals surface area contributed by atoms with Crippen LogP contribution < -0.4 is 5.32 Å². The van der Waals surface area contributed by atoms with Crippen LogP contribution in [0.15, 0.2) is 41.5 Å². The van der Waals surface area contributed by atoms with Crippen molar-refractivity contribution in [2.75, 3.05) is 0 Å². The SMILES string of the molecule is CC/C(C)=C(/C)C(=O)NC(C)C(O)Cc1ccccc1. The van der Waals surface area contributed by atoms with Crippen molar-refractivity contribution in [1.29, 1.82) is 0 Å². The number of aliphatic hydroxyl groups is 1. The van der Waals surface area contributed by atoms with Gasteiger partial charge in [0.2, 0.25) is 5.91 Å². The Bertz CT molecular complexity index is 465. The van der Waals surface area contributed by atoms with Crippen LogP contribution in [0.5, 0.6) is 0 Å². The van der Waals surface area contributed by atoms with Crippen LogP contribution in [0.3, 0.4) is 0 Å². The summed E-state index contributed by atoms with van der Waals surface area (Å²) in [7, 11) is 0. The molecule has 2 N–H and O–H groups in total. The molecule has 20 heavy (non-hydrogen) atoms. The smallest absolute Gasteiger partial charge is 0.247 e. The molecule has 2 unspecified atom stereocenters. The molecule has 3 heteroatoms. The van der Waals surface area contributed by atoms with Crippen LogP contribution in [-0.4, -0.2) is 23.2 Å². The molecule has 1 aromatic carbocycles. The van der Waals surface area contributed by atoms with Crippen LogP contribution in [0.1, 0.15) is 39.7 Å². The van der Waals surface area contributed by atoms with Crippen LogP contribution >= 0.6 is 0 Å². The Balaban J connectivity index is 2.58. The van der Waals surface area contributed by atoms with Gasteiger partial charge < -0.3 is 10.4 Å². The highest BCUT2D eigenvalue weighted by molar-refractivity contribution is 5.93. The van der Waals surface area contributed by atoms with Crippen LogP contribution in [0.4, 0.5) is 0 Å². The average Bonchev–Trinajstić information content (AvgIpc) is 2.46. The van der Waals surface area contributed by atoms with Crippen molar-refractivity contribution in [1.82, 2.24) is 5.32 Å². The predicted molar refractivity (Wildman–Crippen MR) is 82.4 cm³/mol. The highest BCUT2D eigenvalue weighted by Gasteiger charge is 2.18. The number of benzene rings is 1. The van der Waals surface area contributed by atoms with Gasteiger partial charge in [0.25, 0.3) is 0 Å². The van der Waals surface area contributed by atoms with Crippen molar-refractivity contribution in [3.05, 3.63) is 47.0 Å². The van der Waals surface area contributed by atoms with E-state index in [1.165, 1.54) is 0 Å². The van der Waals surface area contributed by atoms with Gasteiger partial charge >= 0.3 is 0 Å². The lowest BCUT2D eigenvalue weighted by Gasteiger charge is -2.21. The van der Waals surface area contributed by atoms with E-state index in [9.17, 15) is 9.90 Å². The number of nitrogens with one attached hydrogen (secondary N) is 1. The van der Waals surface area contributed by atoms with Gasteiger partial charge in [-0.05, 0) is 32.8 Å². The fourth-order valence-electron chi connectivity index (χ4n) is 1.90. The summed E-state index contributed by atoms with van der Waals surface area (Å²) in [4.78, 5) is 12.0. The van der Waals surface area contributed by atoms with Crippen molar-refractivity contribution in [2.24, 2.45) is 0 Å². The van der Waals surface area contributed by atoms with Crippen LogP contribution in [-0.2, 0) is 11.2 Å². The summed E-state index contributed by atoms with van der Waals surface area (Å²) in [6.45, 7) is 7.64. The molecule has 1 amide bonds. The number of carbonyl (C=O) groups is 1. The third-order valence-corrected chi connectivity index (χ3v) is 3.73. The summed E-state index contributed by atoms with van der Waals surface area (Å²) in [5, 5.41) is 13.0. The third kappa shape index (κ3) is 4.82. The largest absolute Gasteiger partial charge is 0.391 e. The molecular weight excluding hydrogens is 250 g/mol. The van der Waals surface area contributed by atoms with E-state index in [2.05, 4.69) is 5.32 Å². The van der Waals surface area contributed by atoms with E-state index < -0.39 is 6.10 Å². The van der Waals surface area contributed by atoms with Crippen molar-refractivity contribution < 1.29 is 9.90 Å². The molecule has 0 saturated carbocycles. The van der Waals surface area contributed by atoms with Crippen LogP contribution in [0.25, 0.3) is 0 Å². The second-order valence-corrected chi connectivity index (χ2v) is 5.28. The Hall–Kier alpha value is -1.61. The van der Waals surface area contributed by atoms with E-state index in [0.29, 0.717) is 6.42 Å². The number of rotatable bonds is 6. The maximum atomic E-state index is 12.0. The molecule has 2 atom stereocenters. The zero-order valence-corrected chi connectivity index (χ0v) is 12.8. The normalized spacial score (nSPS) is 15.2. The van der Waals surface area contributed by atoms with Gasteiger partial charge in [0.1, 0.15) is 0 Å². The summed E-state index contributed by atoms with van der Waals surface area (Å²) in [5.41, 5.74) is 2.89. The zero-order valence-electron chi connectivity index (χ0n) is 12.8. The number of hydrogen-bond donors (Lipinski definition) is 2. The topological polar surface area (TPSA) is 49.3 Å². The van der Waals surface area contributed by atoms with Gasteiger partial charge in [-0.15, -0.1) is 0 Å². The molecule has 0 aliphatic carbocycles. The van der Waals surface area contributed by atoms with E-state index in [0.717, 1.165) is 23.1 Å². The number of aliphatic hydroxyl groups excluding tert-OH is 1. The second kappa shape index (κ2) is 7.85. The first kappa shape index (κ1) is 16.4. The third-order valence-electron chi connectivity index (χ3n) is 3.73. The lowest BCUT2D eigenvalue weighted by atomic mass is 10.0. The summed E-state index contributed by atoms with van der Waals surface area (Å²) < 4.78 is 0. The summed E-state index contributed by atoms with van der Waals surface area (Å²) >= 11 is 0. The Morgan fingerprint density at radius 1 is 1.25 bits per heavy atom. The summed E-state index contributed by atoms with van der Waals surface area (Å²) in [5.74, 6) is -0.0936. The first-order chi connectivity index (χ1) is 9.45. The highest BCUT2D eigenvalue weighted by atomic mass is 16.3. The van der Waals surface area contributed by atoms with Crippen molar-refractivity contribution >= 4 is 5.91 Å². The number of carbonyl (C=O) groups excluding carboxylic acids is 1. The summed E-state index contributed by atoms with van der Waals surface area (Å²) in [6.07, 6.45) is 0.814. The minimum absolute atomic E-state index is 0.0936. The maximum absolute atomic E-state index is 12.0. The molecule has 0 spiro atoms. The molecule has 1 rings (SSSR count). The molecular formula is C17H25NO2. The van der Waals surface area contributed by atoms with Crippen molar-refractivity contribution in [3.8, 4) is 0 Å². The van der Waals surface area contributed by atoms with Gasteiger partial charge in [-0.3, -0.25) is 4.79 Å². The fraction of sp³-hybridized carbons (Fsp3) is 0.471. The van der Waals surface area contributed by atoms with E-state index in [-0.39, 0.29) is 11.9 Å². The van der Waals surface area contributed by atoms with Gasteiger partial charge in [0.15, 0.2) is 0 Å². The molecule has 1 aromatic rings. The lowest BCUT2D eigenvalue weighted by molar-refractivity contribution is -0.118. The number of allylic oxidation sites excluding steroid dienone is 1. The minimum Gasteiger partial charge on any atom is -0.391 e. The van der Waals surface area contributed by atoms with Crippen molar-refractivity contribution in [3.63, 3.8) is 0 Å². The zero-order chi connectivity index (χ0) is 15.1. The van der Waals surface area contributed by atoms with E-state index >= 15 is 0 Å². The lowest BCUT2D eigenvalue weighted by Crippen LogP contribution is -2.42. The Labute approximate surface area is 121 Å². The van der Waals surface area contributed by atoms with Gasteiger partial charge in [-0.25, -0.2) is 0 Å². The molecule has 0 heterocycles. The van der Waals surface area contributed by atoms with Crippen LogP contribution in [0, 0.1) is 0 Å². The molecule has 0 fully saturated rings. The standard InChI is InChI=1S/C17H25NO2/c1-5-12(2)13(3)17(20)18-14(4)16(19)11-15-9-7-6-8-10-15/h6-10,14,16,19H,5,11H2,1-4H3,(H,18,20)/b13-12-.